The van der Waals surface area contributed by atoms with Crippen molar-refractivity contribution < 1.29 is 33.4 Å². The van der Waals surface area contributed by atoms with Gasteiger partial charge in [-0.3, -0.25) is 19.2 Å². The molecule has 0 bridgehead atoms. The van der Waals surface area contributed by atoms with Crippen LogP contribution in [0.3, 0.4) is 0 Å². The summed E-state index contributed by atoms with van der Waals surface area (Å²) in [5, 5.41) is 7.78. The number of carbonyl (C=O) groups is 5. The van der Waals surface area contributed by atoms with Gasteiger partial charge in [-0.25, -0.2) is 0 Å². The summed E-state index contributed by atoms with van der Waals surface area (Å²) >= 11 is 0. The third-order valence-electron chi connectivity index (χ3n) is 8.86. The maximum atomic E-state index is 13.7. The minimum absolute atomic E-state index is 0.203. The number of likely N-dealkylation sites (N-methyl/N-ethyl adjacent to an activating group) is 1. The van der Waals surface area contributed by atoms with Crippen LogP contribution >= 0.6 is 0 Å². The Morgan fingerprint density at radius 2 is 1.27 bits per heavy atom. The molecule has 4 amide bonds. The molecule has 5 rings (SSSR count). The predicted octanol–water partition coefficient (Wildman–Crippen LogP) is 5.11. The number of nitrogens with one attached hydrogen (secondary N) is 3. The summed E-state index contributed by atoms with van der Waals surface area (Å²) in [6, 6.07) is 38.1. The maximum absolute atomic E-state index is 13.7. The van der Waals surface area contributed by atoms with Crippen LogP contribution in [-0.2, 0) is 30.4 Å². The van der Waals surface area contributed by atoms with Gasteiger partial charge in [0.15, 0.2) is 0 Å². The number of hydrogen-bond acceptors (Lipinski definition) is 10. The second-order valence-corrected chi connectivity index (χ2v) is 13.5. The van der Waals surface area contributed by atoms with Crippen molar-refractivity contribution in [2.45, 2.75) is 19.4 Å². The van der Waals surface area contributed by atoms with Crippen molar-refractivity contribution in [1.82, 2.24) is 10.6 Å². The van der Waals surface area contributed by atoms with E-state index in [0.29, 0.717) is 35.5 Å². The lowest BCUT2D eigenvalue weighted by atomic mass is 10.0. The number of nitrogens with zero attached hydrogens (tertiary/aromatic N) is 3. The van der Waals surface area contributed by atoms with Gasteiger partial charge < -0.3 is 50.7 Å². The standard InChI is InChI=1S/C30H34N6O6.C9H13NO.C7H8/c1-35(23-9-11-24(42-2)12-10-23)30(41)26(16-21-6-4-3-5-7-21)34-29(40)19-36(18-28(39)32-14-15-37)27-13-8-22(31)17-25(27)33-20-38;1-10(2)8-4-6-9(11-3)7-5-8;1-7-5-3-2-4-6-7/h3-13,15,17,20,26H,14,16,18-19,31H2,1-2H3,(H,32,39)(H,33,38)(H,34,40);4-7H,1-3H3;2-6H,1H3. The number of amides is 4. The van der Waals surface area contributed by atoms with Crippen molar-refractivity contribution in [3.63, 3.8) is 0 Å². The molecule has 1 atom stereocenters. The molecule has 316 valence electrons. The lowest BCUT2D eigenvalue weighted by Crippen LogP contribution is -2.52. The number of benzene rings is 5. The van der Waals surface area contributed by atoms with Crippen molar-refractivity contribution >= 4 is 58.9 Å². The van der Waals surface area contributed by atoms with Crippen LogP contribution in [0.2, 0.25) is 0 Å². The van der Waals surface area contributed by atoms with Gasteiger partial charge in [0, 0.05) is 44.6 Å². The summed E-state index contributed by atoms with van der Waals surface area (Å²) in [4.78, 5) is 66.6. The van der Waals surface area contributed by atoms with E-state index >= 15 is 0 Å². The SMILES string of the molecule is COc1ccc(N(C)C(=O)C(Cc2ccccc2)NC(=O)CN(CC(=O)NCC=O)c2ccc(N)cc2NC=O)cc1.COc1ccc(N(C)C)cc1.Cc1ccccc1. The molecule has 60 heavy (non-hydrogen) atoms. The summed E-state index contributed by atoms with van der Waals surface area (Å²) in [5.41, 5.74) is 10.8. The Labute approximate surface area is 352 Å². The van der Waals surface area contributed by atoms with E-state index < -0.39 is 17.9 Å². The molecule has 0 radical (unpaired) electrons. The van der Waals surface area contributed by atoms with E-state index in [1.165, 1.54) is 27.1 Å². The van der Waals surface area contributed by atoms with E-state index in [-0.39, 0.29) is 37.6 Å². The zero-order chi connectivity index (χ0) is 43.9. The van der Waals surface area contributed by atoms with Crippen LogP contribution in [0.4, 0.5) is 28.4 Å². The van der Waals surface area contributed by atoms with Crippen LogP contribution in [0, 0.1) is 6.92 Å². The van der Waals surface area contributed by atoms with E-state index in [1.807, 2.05) is 86.9 Å². The molecule has 0 aromatic heterocycles. The number of hydrogen-bond donors (Lipinski definition) is 4. The van der Waals surface area contributed by atoms with Gasteiger partial charge in [0.1, 0.15) is 23.8 Å². The second-order valence-electron chi connectivity index (χ2n) is 13.5. The molecule has 5 N–H and O–H groups in total. The number of methoxy groups -OCH3 is 2. The third-order valence-corrected chi connectivity index (χ3v) is 8.86. The van der Waals surface area contributed by atoms with Crippen molar-refractivity contribution in [1.29, 1.82) is 0 Å². The molecule has 0 saturated carbocycles. The molecule has 14 heteroatoms. The molecule has 0 aliphatic carbocycles. The molecule has 14 nitrogen and oxygen atoms in total. The fraction of sp³-hybridized carbons (Fsp3) is 0.239. The van der Waals surface area contributed by atoms with E-state index in [0.717, 1.165) is 11.3 Å². The van der Waals surface area contributed by atoms with Crippen LogP contribution in [0.1, 0.15) is 11.1 Å². The Balaban J connectivity index is 0.000000434. The zero-order valence-corrected chi connectivity index (χ0v) is 35.0. The number of anilines is 5. The van der Waals surface area contributed by atoms with Gasteiger partial charge >= 0.3 is 0 Å². The Morgan fingerprint density at radius 3 is 1.77 bits per heavy atom. The van der Waals surface area contributed by atoms with Crippen LogP contribution < -0.4 is 45.9 Å². The summed E-state index contributed by atoms with van der Waals surface area (Å²) in [6.45, 7) is 1.21. The number of rotatable bonds is 17. The highest BCUT2D eigenvalue weighted by molar-refractivity contribution is 6.00. The minimum Gasteiger partial charge on any atom is -0.497 e. The van der Waals surface area contributed by atoms with Crippen LogP contribution in [-0.4, -0.2) is 91.5 Å². The summed E-state index contributed by atoms with van der Waals surface area (Å²) in [5.74, 6) is 0.0977. The van der Waals surface area contributed by atoms with E-state index in [4.69, 9.17) is 15.2 Å². The highest BCUT2D eigenvalue weighted by Crippen LogP contribution is 2.28. The first-order valence-corrected chi connectivity index (χ1v) is 19.0. The quantitative estimate of drug-likeness (QED) is 0.0729. The van der Waals surface area contributed by atoms with Gasteiger partial charge in [-0.05, 0) is 79.2 Å². The lowest BCUT2D eigenvalue weighted by molar-refractivity contribution is -0.126. The molecule has 1 unspecified atom stereocenters. The number of nitrogen functional groups attached to an aromatic ring is 1. The zero-order valence-electron chi connectivity index (χ0n) is 35.0. The highest BCUT2D eigenvalue weighted by Gasteiger charge is 2.27. The molecule has 0 aliphatic heterocycles. The summed E-state index contributed by atoms with van der Waals surface area (Å²) in [7, 11) is 8.87. The average molecular weight is 818 g/mol. The predicted molar refractivity (Wildman–Crippen MR) is 239 cm³/mol. The number of carbonyl (C=O) groups excluding carboxylic acids is 5. The molecule has 0 saturated heterocycles. The lowest BCUT2D eigenvalue weighted by Gasteiger charge is -2.28. The number of ether oxygens (including phenoxy) is 2. The summed E-state index contributed by atoms with van der Waals surface area (Å²) in [6.07, 6.45) is 1.20. The number of aryl methyl sites for hydroxylation is 1. The monoisotopic (exact) mass is 817 g/mol. The smallest absolute Gasteiger partial charge is 0.249 e. The first-order valence-electron chi connectivity index (χ1n) is 19.0. The van der Waals surface area contributed by atoms with E-state index in [2.05, 4.69) is 39.9 Å². The molecular formula is C46H55N7O7. The van der Waals surface area contributed by atoms with Gasteiger partial charge in [0.05, 0.1) is 45.2 Å². The normalized spacial score (nSPS) is 10.4. The summed E-state index contributed by atoms with van der Waals surface area (Å²) < 4.78 is 10.2. The molecular weight excluding hydrogens is 763 g/mol. The molecule has 0 spiro atoms. The van der Waals surface area contributed by atoms with Gasteiger partial charge in [-0.1, -0.05) is 66.2 Å². The maximum Gasteiger partial charge on any atom is 0.249 e. The Bertz CT molecular complexity index is 2080. The molecule has 5 aromatic carbocycles. The number of nitrogens with two attached hydrogens (primary N) is 1. The Kier molecular flexibility index (Phi) is 19.7. The van der Waals surface area contributed by atoms with Gasteiger partial charge in [0.2, 0.25) is 24.1 Å². The van der Waals surface area contributed by atoms with Crippen molar-refractivity contribution in [2.75, 3.05) is 80.7 Å². The van der Waals surface area contributed by atoms with Crippen molar-refractivity contribution in [3.05, 3.63) is 139 Å². The fourth-order valence-electron chi connectivity index (χ4n) is 5.66. The first-order chi connectivity index (χ1) is 28.9. The fourth-order valence-corrected chi connectivity index (χ4v) is 5.66. The van der Waals surface area contributed by atoms with Crippen molar-refractivity contribution in [3.8, 4) is 11.5 Å². The van der Waals surface area contributed by atoms with E-state index in [1.54, 1.807) is 57.7 Å². The van der Waals surface area contributed by atoms with E-state index in [9.17, 15) is 24.0 Å². The second kappa shape index (κ2) is 25.1. The first kappa shape index (κ1) is 47.0. The molecule has 0 fully saturated rings. The minimum atomic E-state index is -0.947. The molecule has 5 aromatic rings. The van der Waals surface area contributed by atoms with Gasteiger partial charge in [-0.15, -0.1) is 0 Å². The van der Waals surface area contributed by atoms with Crippen LogP contribution in [0.25, 0.3) is 0 Å². The highest BCUT2D eigenvalue weighted by atomic mass is 16.5. The largest absolute Gasteiger partial charge is 0.497 e. The van der Waals surface area contributed by atoms with Gasteiger partial charge in [-0.2, -0.15) is 0 Å². The molecule has 0 heterocycles. The van der Waals surface area contributed by atoms with Crippen molar-refractivity contribution in [2.24, 2.45) is 0 Å². The molecule has 0 aliphatic rings. The average Bonchev–Trinajstić information content (AvgIpc) is 3.26. The van der Waals surface area contributed by atoms with Crippen LogP contribution in [0.15, 0.2) is 127 Å². The topological polar surface area (TPSA) is 176 Å². The number of aldehydes is 1. The van der Waals surface area contributed by atoms with Crippen LogP contribution in [0.5, 0.6) is 11.5 Å². The van der Waals surface area contributed by atoms with Gasteiger partial charge in [0.25, 0.3) is 0 Å². The Hall–Kier alpha value is -7.35. The third kappa shape index (κ3) is 15.9. The Morgan fingerprint density at radius 1 is 0.717 bits per heavy atom.